The van der Waals surface area contributed by atoms with Crippen molar-refractivity contribution in [2.24, 2.45) is 0 Å². The number of carboxylic acid groups (broad SMARTS) is 1. The fourth-order valence-corrected chi connectivity index (χ4v) is 2.11. The molecule has 2 rings (SSSR count). The quantitative estimate of drug-likeness (QED) is 0.712. The molecular formula is C14H6Cl2F4O3. The highest BCUT2D eigenvalue weighted by atomic mass is 35.5. The number of hydrogen-bond donors (Lipinski definition) is 1. The minimum absolute atomic E-state index is 0.271. The van der Waals surface area contributed by atoms with E-state index >= 15 is 0 Å². The van der Waals surface area contributed by atoms with E-state index in [0.717, 1.165) is 18.2 Å². The highest BCUT2D eigenvalue weighted by Crippen LogP contribution is 2.39. The minimum atomic E-state index is -4.70. The first-order valence-electron chi connectivity index (χ1n) is 5.86. The smallest absolute Gasteiger partial charge is 0.417 e. The molecule has 0 saturated carbocycles. The van der Waals surface area contributed by atoms with Crippen LogP contribution in [0.2, 0.25) is 10.0 Å². The predicted octanol–water partition coefficient (Wildman–Crippen LogP) is 5.64. The fraction of sp³-hybridized carbons (Fsp3) is 0.0714. The number of benzene rings is 2. The average molecular weight is 369 g/mol. The molecule has 2 aromatic carbocycles. The second kappa shape index (κ2) is 6.25. The molecule has 0 radical (unpaired) electrons. The van der Waals surface area contributed by atoms with Gasteiger partial charge in [-0.2, -0.15) is 13.2 Å². The first-order valence-corrected chi connectivity index (χ1v) is 6.62. The largest absolute Gasteiger partial charge is 0.478 e. The Morgan fingerprint density at radius 3 is 2.30 bits per heavy atom. The van der Waals surface area contributed by atoms with Gasteiger partial charge in [-0.15, -0.1) is 0 Å². The summed E-state index contributed by atoms with van der Waals surface area (Å²) >= 11 is 11.2. The van der Waals surface area contributed by atoms with Gasteiger partial charge in [0.25, 0.3) is 0 Å². The van der Waals surface area contributed by atoms with Gasteiger partial charge in [0.1, 0.15) is 17.3 Å². The molecule has 122 valence electrons. The Hall–Kier alpha value is -1.99. The topological polar surface area (TPSA) is 46.5 Å². The zero-order valence-electron chi connectivity index (χ0n) is 10.9. The molecule has 0 bridgehead atoms. The molecule has 9 heteroatoms. The maximum atomic E-state index is 13.6. The van der Waals surface area contributed by atoms with Crippen molar-refractivity contribution in [1.29, 1.82) is 0 Å². The molecule has 0 spiro atoms. The van der Waals surface area contributed by atoms with Crippen LogP contribution in [0.25, 0.3) is 0 Å². The van der Waals surface area contributed by atoms with Gasteiger partial charge in [0.05, 0.1) is 21.2 Å². The van der Waals surface area contributed by atoms with Crippen LogP contribution in [0.5, 0.6) is 11.5 Å². The van der Waals surface area contributed by atoms with Crippen LogP contribution in [-0.2, 0) is 6.18 Å². The molecule has 23 heavy (non-hydrogen) atoms. The van der Waals surface area contributed by atoms with Crippen LogP contribution in [0.4, 0.5) is 17.6 Å². The highest BCUT2D eigenvalue weighted by molar-refractivity contribution is 6.32. The lowest BCUT2D eigenvalue weighted by Crippen LogP contribution is -2.06. The number of halogens is 6. The van der Waals surface area contributed by atoms with Crippen molar-refractivity contribution >= 4 is 29.2 Å². The summed E-state index contributed by atoms with van der Waals surface area (Å²) in [6.45, 7) is 0. The minimum Gasteiger partial charge on any atom is -0.478 e. The van der Waals surface area contributed by atoms with Crippen molar-refractivity contribution in [1.82, 2.24) is 0 Å². The molecular weight excluding hydrogens is 363 g/mol. The van der Waals surface area contributed by atoms with Crippen molar-refractivity contribution in [3.05, 3.63) is 57.3 Å². The van der Waals surface area contributed by atoms with Gasteiger partial charge in [-0.3, -0.25) is 0 Å². The summed E-state index contributed by atoms with van der Waals surface area (Å²) in [5.74, 6) is -3.29. The van der Waals surface area contributed by atoms with Crippen LogP contribution in [0.1, 0.15) is 15.9 Å². The summed E-state index contributed by atoms with van der Waals surface area (Å²) in [6.07, 6.45) is -4.70. The van der Waals surface area contributed by atoms with E-state index in [1.807, 2.05) is 0 Å². The van der Waals surface area contributed by atoms with Crippen molar-refractivity contribution in [2.45, 2.75) is 6.18 Å². The second-order valence-corrected chi connectivity index (χ2v) is 5.12. The molecule has 2 aromatic rings. The molecule has 0 saturated heterocycles. The van der Waals surface area contributed by atoms with Crippen molar-refractivity contribution in [2.75, 3.05) is 0 Å². The number of ether oxygens (including phenoxy) is 1. The van der Waals surface area contributed by atoms with Crippen molar-refractivity contribution in [3.8, 4) is 11.5 Å². The van der Waals surface area contributed by atoms with Crippen LogP contribution < -0.4 is 4.74 Å². The number of aromatic carboxylic acids is 1. The van der Waals surface area contributed by atoms with E-state index in [4.69, 9.17) is 33.0 Å². The number of rotatable bonds is 3. The van der Waals surface area contributed by atoms with E-state index in [0.29, 0.717) is 12.1 Å². The summed E-state index contributed by atoms with van der Waals surface area (Å²) in [5.41, 5.74) is -1.81. The zero-order valence-corrected chi connectivity index (χ0v) is 12.4. The monoisotopic (exact) mass is 368 g/mol. The number of carbonyl (C=O) groups is 1. The van der Waals surface area contributed by atoms with Gasteiger partial charge in [0, 0.05) is 6.07 Å². The normalized spacial score (nSPS) is 11.4. The van der Waals surface area contributed by atoms with Crippen molar-refractivity contribution in [3.63, 3.8) is 0 Å². The van der Waals surface area contributed by atoms with Gasteiger partial charge >= 0.3 is 12.1 Å². The summed E-state index contributed by atoms with van der Waals surface area (Å²) in [6, 6.07) is 4.21. The van der Waals surface area contributed by atoms with E-state index in [1.54, 1.807) is 0 Å². The summed E-state index contributed by atoms with van der Waals surface area (Å²) in [4.78, 5) is 10.8. The Morgan fingerprint density at radius 2 is 1.74 bits per heavy atom. The third kappa shape index (κ3) is 3.86. The Kier molecular flexibility index (Phi) is 4.72. The standard InChI is InChI=1S/C14H6Cl2F4O3/c15-9-2-1-6(3-8(9)14(18,19)20)23-12-5-11(17)7(13(21)22)4-10(12)16/h1-5H,(H,21,22). The van der Waals surface area contributed by atoms with E-state index in [2.05, 4.69) is 0 Å². The molecule has 0 amide bonds. The van der Waals surface area contributed by atoms with Crippen LogP contribution in [0.3, 0.4) is 0 Å². The molecule has 0 heterocycles. The van der Waals surface area contributed by atoms with E-state index in [9.17, 15) is 22.4 Å². The maximum Gasteiger partial charge on any atom is 0.417 e. The SMILES string of the molecule is O=C(O)c1cc(Cl)c(Oc2ccc(Cl)c(C(F)(F)F)c2)cc1F. The third-order valence-electron chi connectivity index (χ3n) is 2.72. The Balaban J connectivity index is 2.40. The van der Waals surface area contributed by atoms with E-state index in [-0.39, 0.29) is 16.5 Å². The van der Waals surface area contributed by atoms with Crippen LogP contribution >= 0.6 is 23.2 Å². The summed E-state index contributed by atoms with van der Waals surface area (Å²) in [5, 5.41) is 7.95. The molecule has 0 fully saturated rings. The zero-order chi connectivity index (χ0) is 17.4. The first-order chi connectivity index (χ1) is 10.6. The number of carboxylic acids is 1. The van der Waals surface area contributed by atoms with E-state index in [1.165, 1.54) is 0 Å². The van der Waals surface area contributed by atoms with Crippen LogP contribution in [0, 0.1) is 5.82 Å². The highest BCUT2D eigenvalue weighted by Gasteiger charge is 2.33. The molecule has 0 aliphatic rings. The van der Waals surface area contributed by atoms with Gasteiger partial charge in [-0.25, -0.2) is 9.18 Å². The summed E-state index contributed by atoms with van der Waals surface area (Å²) in [7, 11) is 0. The van der Waals surface area contributed by atoms with Gasteiger partial charge in [-0.05, 0) is 24.3 Å². The molecule has 0 aliphatic heterocycles. The van der Waals surface area contributed by atoms with Gasteiger partial charge in [-0.1, -0.05) is 23.2 Å². The number of alkyl halides is 3. The molecule has 0 aliphatic carbocycles. The van der Waals surface area contributed by atoms with Gasteiger partial charge in [0.2, 0.25) is 0 Å². The van der Waals surface area contributed by atoms with Gasteiger partial charge < -0.3 is 9.84 Å². The average Bonchev–Trinajstić information content (AvgIpc) is 2.43. The van der Waals surface area contributed by atoms with Gasteiger partial charge in [0.15, 0.2) is 0 Å². The lowest BCUT2D eigenvalue weighted by molar-refractivity contribution is -0.137. The predicted molar refractivity (Wildman–Crippen MR) is 74.9 cm³/mol. The lowest BCUT2D eigenvalue weighted by atomic mass is 10.2. The van der Waals surface area contributed by atoms with Crippen molar-refractivity contribution < 1.29 is 32.2 Å². The maximum absolute atomic E-state index is 13.6. The molecule has 3 nitrogen and oxygen atoms in total. The van der Waals surface area contributed by atoms with E-state index < -0.39 is 34.1 Å². The summed E-state index contributed by atoms with van der Waals surface area (Å²) < 4.78 is 57.0. The Labute approximate surface area is 137 Å². The lowest BCUT2D eigenvalue weighted by Gasteiger charge is -2.13. The van der Waals surface area contributed by atoms with Crippen LogP contribution in [-0.4, -0.2) is 11.1 Å². The Bertz CT molecular complexity index is 775. The molecule has 0 atom stereocenters. The second-order valence-electron chi connectivity index (χ2n) is 4.31. The van der Waals surface area contributed by atoms with Crippen LogP contribution in [0.15, 0.2) is 30.3 Å². The number of hydrogen-bond acceptors (Lipinski definition) is 2. The molecule has 0 aromatic heterocycles. The first kappa shape index (κ1) is 17.4. The fourth-order valence-electron chi connectivity index (χ4n) is 1.68. The Morgan fingerprint density at radius 1 is 1.09 bits per heavy atom. The molecule has 0 unspecified atom stereocenters. The third-order valence-corrected chi connectivity index (χ3v) is 3.35. The molecule has 1 N–H and O–H groups in total.